The lowest BCUT2D eigenvalue weighted by Gasteiger charge is -1.97. The molecule has 0 fully saturated rings. The first-order valence-corrected chi connectivity index (χ1v) is 4.42. The van der Waals surface area contributed by atoms with E-state index in [4.69, 9.17) is 10.3 Å². The van der Waals surface area contributed by atoms with Crippen LogP contribution in [-0.4, -0.2) is 15.1 Å². The molecule has 0 saturated heterocycles. The lowest BCUT2D eigenvalue weighted by Crippen LogP contribution is -1.90. The van der Waals surface area contributed by atoms with Crippen molar-refractivity contribution in [1.82, 2.24) is 10.1 Å². The van der Waals surface area contributed by atoms with E-state index in [1.807, 2.05) is 0 Å². The van der Waals surface area contributed by atoms with Crippen molar-refractivity contribution >= 4 is 11.6 Å². The molecule has 1 aromatic heterocycles. The third kappa shape index (κ3) is 1.83. The molecule has 2 rings (SSSR count). The van der Waals surface area contributed by atoms with Crippen LogP contribution in [0.4, 0.5) is 11.6 Å². The van der Waals surface area contributed by atoms with Gasteiger partial charge >= 0.3 is 0 Å². The molecule has 0 saturated carbocycles. The summed E-state index contributed by atoms with van der Waals surface area (Å²) in [7, 11) is 0. The summed E-state index contributed by atoms with van der Waals surface area (Å²) in [6, 6.07) is 4.53. The fourth-order valence-corrected chi connectivity index (χ4v) is 1.34. The van der Waals surface area contributed by atoms with Gasteiger partial charge in [-0.05, 0) is 23.7 Å². The number of nitro benzene ring substituents is 1. The monoisotopic (exact) mass is 220 g/mol. The van der Waals surface area contributed by atoms with Crippen molar-refractivity contribution in [2.75, 3.05) is 5.73 Å². The molecule has 0 bridgehead atoms. The van der Waals surface area contributed by atoms with E-state index in [0.717, 1.165) is 5.56 Å². The minimum Gasteiger partial charge on any atom is -0.365 e. The third-order valence-electron chi connectivity index (χ3n) is 1.96. The van der Waals surface area contributed by atoms with E-state index in [2.05, 4.69) is 10.1 Å². The molecule has 0 radical (unpaired) electrons. The lowest BCUT2D eigenvalue weighted by molar-refractivity contribution is -0.384. The largest absolute Gasteiger partial charge is 0.365 e. The van der Waals surface area contributed by atoms with E-state index < -0.39 is 4.92 Å². The van der Waals surface area contributed by atoms with Crippen molar-refractivity contribution in [2.45, 2.75) is 6.92 Å². The molecular weight excluding hydrogens is 212 g/mol. The maximum absolute atomic E-state index is 10.7. The molecule has 2 N–H and O–H groups in total. The molecule has 82 valence electrons. The van der Waals surface area contributed by atoms with Gasteiger partial charge in [-0.15, -0.1) is 0 Å². The number of aromatic nitrogens is 2. The molecule has 1 heterocycles. The average molecular weight is 220 g/mol. The summed E-state index contributed by atoms with van der Waals surface area (Å²) in [6.07, 6.45) is 0. The average Bonchev–Trinajstić information content (AvgIpc) is 2.64. The Labute approximate surface area is 90.0 Å². The standard InChI is InChI=1S/C9H8N4O3/c1-5-2-6(4-7(3-5)13(14)15)8-11-9(10)12-16-8/h2-4H,1H3,(H2,10,12). The smallest absolute Gasteiger partial charge is 0.270 e. The number of aryl methyl sites for hydroxylation is 1. The molecule has 7 nitrogen and oxygen atoms in total. The van der Waals surface area contributed by atoms with Crippen molar-refractivity contribution < 1.29 is 9.45 Å². The van der Waals surface area contributed by atoms with Crippen LogP contribution in [0.15, 0.2) is 22.7 Å². The first-order valence-electron chi connectivity index (χ1n) is 4.42. The highest BCUT2D eigenvalue weighted by Crippen LogP contribution is 2.24. The Hall–Kier alpha value is -2.44. The number of benzene rings is 1. The Bertz CT molecular complexity index is 549. The molecule has 0 atom stereocenters. The van der Waals surface area contributed by atoms with E-state index in [-0.39, 0.29) is 17.5 Å². The molecule has 1 aromatic carbocycles. The van der Waals surface area contributed by atoms with Crippen LogP contribution < -0.4 is 5.73 Å². The van der Waals surface area contributed by atoms with Gasteiger partial charge < -0.3 is 10.3 Å². The molecule has 0 aliphatic heterocycles. The number of hydrogen-bond donors (Lipinski definition) is 1. The minimum absolute atomic E-state index is 0.000779. The third-order valence-corrected chi connectivity index (χ3v) is 1.96. The van der Waals surface area contributed by atoms with Crippen LogP contribution in [0.3, 0.4) is 0 Å². The first kappa shape index (κ1) is 10.1. The Morgan fingerprint density at radius 2 is 2.19 bits per heavy atom. The quantitative estimate of drug-likeness (QED) is 0.607. The van der Waals surface area contributed by atoms with Crippen molar-refractivity contribution in [3.63, 3.8) is 0 Å². The highest BCUT2D eigenvalue weighted by molar-refractivity contribution is 5.60. The Kier molecular flexibility index (Phi) is 2.28. The Balaban J connectivity index is 2.53. The van der Waals surface area contributed by atoms with Gasteiger partial charge in [-0.1, -0.05) is 0 Å². The van der Waals surface area contributed by atoms with Crippen LogP contribution in [-0.2, 0) is 0 Å². The van der Waals surface area contributed by atoms with Crippen LogP contribution in [0.5, 0.6) is 0 Å². The Morgan fingerprint density at radius 1 is 1.44 bits per heavy atom. The molecule has 0 aliphatic rings. The van der Waals surface area contributed by atoms with Gasteiger partial charge in [0.1, 0.15) is 0 Å². The molecule has 0 amide bonds. The second-order valence-corrected chi connectivity index (χ2v) is 3.27. The van der Waals surface area contributed by atoms with E-state index >= 15 is 0 Å². The van der Waals surface area contributed by atoms with E-state index in [0.29, 0.717) is 5.56 Å². The normalized spacial score (nSPS) is 10.3. The van der Waals surface area contributed by atoms with E-state index in [1.54, 1.807) is 13.0 Å². The number of non-ortho nitro benzene ring substituents is 1. The summed E-state index contributed by atoms with van der Waals surface area (Å²) in [4.78, 5) is 14.0. The van der Waals surface area contributed by atoms with Crippen LogP contribution in [0.1, 0.15) is 5.56 Å². The lowest BCUT2D eigenvalue weighted by atomic mass is 10.1. The van der Waals surface area contributed by atoms with Gasteiger partial charge in [-0.25, -0.2) is 0 Å². The summed E-state index contributed by atoms with van der Waals surface area (Å²) in [5.41, 5.74) is 6.50. The summed E-state index contributed by atoms with van der Waals surface area (Å²) in [5, 5.41) is 14.1. The molecule has 0 spiro atoms. The highest BCUT2D eigenvalue weighted by atomic mass is 16.6. The number of anilines is 1. The minimum atomic E-state index is -0.476. The molecule has 2 aromatic rings. The summed E-state index contributed by atoms with van der Waals surface area (Å²) in [5.74, 6) is 0.170. The van der Waals surface area contributed by atoms with Crippen molar-refractivity contribution in [3.8, 4) is 11.5 Å². The van der Waals surface area contributed by atoms with Crippen LogP contribution >= 0.6 is 0 Å². The summed E-state index contributed by atoms with van der Waals surface area (Å²) in [6.45, 7) is 1.75. The molecular formula is C9H8N4O3. The molecule has 7 heteroatoms. The number of nitro groups is 1. The van der Waals surface area contributed by atoms with Crippen LogP contribution in [0, 0.1) is 17.0 Å². The second kappa shape index (κ2) is 3.61. The maximum Gasteiger partial charge on any atom is 0.270 e. The van der Waals surface area contributed by atoms with E-state index in [9.17, 15) is 10.1 Å². The molecule has 16 heavy (non-hydrogen) atoms. The predicted molar refractivity (Wildman–Crippen MR) is 55.5 cm³/mol. The SMILES string of the molecule is Cc1cc(-c2nc(N)no2)cc([N+](=O)[O-])c1. The first-order chi connectivity index (χ1) is 7.56. The number of nitrogens with zero attached hydrogens (tertiary/aromatic N) is 3. The second-order valence-electron chi connectivity index (χ2n) is 3.27. The fourth-order valence-electron chi connectivity index (χ4n) is 1.34. The van der Waals surface area contributed by atoms with Gasteiger partial charge in [0.2, 0.25) is 0 Å². The zero-order valence-corrected chi connectivity index (χ0v) is 8.38. The van der Waals surface area contributed by atoms with Gasteiger partial charge in [0, 0.05) is 17.7 Å². The van der Waals surface area contributed by atoms with Crippen LogP contribution in [0.25, 0.3) is 11.5 Å². The van der Waals surface area contributed by atoms with Gasteiger partial charge in [-0.3, -0.25) is 10.1 Å². The number of hydrogen-bond acceptors (Lipinski definition) is 6. The predicted octanol–water partition coefficient (Wildman–Crippen LogP) is 1.54. The fraction of sp³-hybridized carbons (Fsp3) is 0.111. The Morgan fingerprint density at radius 3 is 2.75 bits per heavy atom. The highest BCUT2D eigenvalue weighted by Gasteiger charge is 2.13. The zero-order valence-electron chi connectivity index (χ0n) is 8.38. The van der Waals surface area contributed by atoms with Gasteiger partial charge in [0.25, 0.3) is 17.5 Å². The van der Waals surface area contributed by atoms with Gasteiger partial charge in [0.15, 0.2) is 0 Å². The number of nitrogen functional groups attached to an aromatic ring is 1. The maximum atomic E-state index is 10.7. The van der Waals surface area contributed by atoms with E-state index in [1.165, 1.54) is 12.1 Å². The van der Waals surface area contributed by atoms with Crippen molar-refractivity contribution in [3.05, 3.63) is 33.9 Å². The van der Waals surface area contributed by atoms with Crippen molar-refractivity contribution in [2.24, 2.45) is 0 Å². The zero-order chi connectivity index (χ0) is 11.7. The number of nitrogens with two attached hydrogens (primary N) is 1. The van der Waals surface area contributed by atoms with Crippen molar-refractivity contribution in [1.29, 1.82) is 0 Å². The molecule has 0 unspecified atom stereocenters. The summed E-state index contributed by atoms with van der Waals surface area (Å²) >= 11 is 0. The molecule has 0 aliphatic carbocycles. The van der Waals surface area contributed by atoms with Gasteiger partial charge in [0.05, 0.1) is 4.92 Å². The van der Waals surface area contributed by atoms with Gasteiger partial charge in [-0.2, -0.15) is 4.98 Å². The number of rotatable bonds is 2. The van der Waals surface area contributed by atoms with Crippen LogP contribution in [0.2, 0.25) is 0 Å². The topological polar surface area (TPSA) is 108 Å². The summed E-state index contributed by atoms with van der Waals surface area (Å²) < 4.78 is 4.83.